The molecule has 0 aromatic carbocycles. The van der Waals surface area contributed by atoms with Crippen LogP contribution in [0.2, 0.25) is 0 Å². The molecule has 0 amide bonds. The summed E-state index contributed by atoms with van der Waals surface area (Å²) in [5, 5.41) is 10.8. The SMILES string of the molecule is COC(=O)COc1c(C)cc(Br)nc1[N+](=O)[O-]. The Morgan fingerprint density at radius 1 is 1.65 bits per heavy atom. The number of esters is 1. The third kappa shape index (κ3) is 3.38. The third-order valence-electron chi connectivity index (χ3n) is 1.84. The van der Waals surface area contributed by atoms with Gasteiger partial charge in [0.2, 0.25) is 10.4 Å². The normalized spacial score (nSPS) is 9.82. The minimum absolute atomic E-state index is 0.0383. The van der Waals surface area contributed by atoms with Crippen LogP contribution in [0.4, 0.5) is 5.82 Å². The van der Waals surface area contributed by atoms with Gasteiger partial charge < -0.3 is 19.6 Å². The monoisotopic (exact) mass is 304 g/mol. The Bertz CT molecular complexity index is 463. The van der Waals surface area contributed by atoms with Crippen molar-refractivity contribution in [2.45, 2.75) is 6.92 Å². The fourth-order valence-corrected chi connectivity index (χ4v) is 1.61. The van der Waals surface area contributed by atoms with Crippen molar-refractivity contribution in [1.82, 2.24) is 4.98 Å². The molecule has 0 aliphatic rings. The number of aromatic nitrogens is 1. The van der Waals surface area contributed by atoms with Crippen LogP contribution in [0.1, 0.15) is 5.56 Å². The van der Waals surface area contributed by atoms with E-state index in [1.165, 1.54) is 7.11 Å². The molecule has 0 aliphatic carbocycles. The van der Waals surface area contributed by atoms with E-state index in [0.717, 1.165) is 0 Å². The van der Waals surface area contributed by atoms with Gasteiger partial charge in [-0.1, -0.05) is 0 Å². The first-order valence-electron chi connectivity index (χ1n) is 4.47. The van der Waals surface area contributed by atoms with Crippen LogP contribution in [0.25, 0.3) is 0 Å². The summed E-state index contributed by atoms with van der Waals surface area (Å²) in [5.41, 5.74) is 0.502. The zero-order valence-corrected chi connectivity index (χ0v) is 10.7. The molecule has 92 valence electrons. The average molecular weight is 305 g/mol. The molecule has 0 saturated carbocycles. The van der Waals surface area contributed by atoms with Crippen molar-refractivity contribution in [3.05, 3.63) is 26.3 Å². The number of halogens is 1. The van der Waals surface area contributed by atoms with Crippen LogP contribution < -0.4 is 4.74 Å². The molecule has 0 N–H and O–H groups in total. The van der Waals surface area contributed by atoms with Gasteiger partial charge >= 0.3 is 11.8 Å². The molecule has 1 aromatic rings. The first-order chi connectivity index (χ1) is 7.95. The lowest BCUT2D eigenvalue weighted by Gasteiger charge is -2.07. The van der Waals surface area contributed by atoms with E-state index in [1.807, 2.05) is 0 Å². The van der Waals surface area contributed by atoms with E-state index >= 15 is 0 Å². The highest BCUT2D eigenvalue weighted by Crippen LogP contribution is 2.30. The quantitative estimate of drug-likeness (QED) is 0.363. The highest BCUT2D eigenvalue weighted by Gasteiger charge is 2.22. The van der Waals surface area contributed by atoms with E-state index in [-0.39, 0.29) is 5.75 Å². The number of ether oxygens (including phenoxy) is 2. The summed E-state index contributed by atoms with van der Waals surface area (Å²) in [6.45, 7) is 1.22. The molecule has 17 heavy (non-hydrogen) atoms. The summed E-state index contributed by atoms with van der Waals surface area (Å²) in [7, 11) is 1.20. The molecular formula is C9H9BrN2O5. The van der Waals surface area contributed by atoms with Crippen LogP contribution in [0, 0.1) is 17.0 Å². The minimum atomic E-state index is -0.676. The second kappa shape index (κ2) is 5.58. The molecular weight excluding hydrogens is 296 g/mol. The zero-order valence-electron chi connectivity index (χ0n) is 9.10. The smallest absolute Gasteiger partial charge is 0.407 e. The highest BCUT2D eigenvalue weighted by atomic mass is 79.9. The molecule has 0 aliphatic heterocycles. The molecule has 7 nitrogen and oxygen atoms in total. The van der Waals surface area contributed by atoms with Crippen molar-refractivity contribution in [2.75, 3.05) is 13.7 Å². The van der Waals surface area contributed by atoms with Crippen molar-refractivity contribution >= 4 is 27.7 Å². The van der Waals surface area contributed by atoms with Gasteiger partial charge in [-0.2, -0.15) is 0 Å². The Hall–Kier alpha value is -1.70. The Kier molecular flexibility index (Phi) is 4.38. The standard InChI is InChI=1S/C9H9BrN2O5/c1-5-3-6(10)11-9(12(14)15)8(5)17-4-7(13)16-2/h3H,4H2,1-2H3. The van der Waals surface area contributed by atoms with E-state index < -0.39 is 23.3 Å². The third-order valence-corrected chi connectivity index (χ3v) is 2.25. The molecule has 0 fully saturated rings. The number of methoxy groups -OCH3 is 1. The molecule has 1 aromatic heterocycles. The van der Waals surface area contributed by atoms with Gasteiger partial charge in [0, 0.05) is 27.6 Å². The first-order valence-corrected chi connectivity index (χ1v) is 5.26. The molecule has 0 atom stereocenters. The lowest BCUT2D eigenvalue weighted by molar-refractivity contribution is -0.390. The Morgan fingerprint density at radius 2 is 2.29 bits per heavy atom. The number of hydrogen-bond acceptors (Lipinski definition) is 6. The molecule has 0 saturated heterocycles. The number of carbonyl (C=O) groups is 1. The predicted molar refractivity (Wildman–Crippen MR) is 60.8 cm³/mol. The molecule has 0 unspecified atom stereocenters. The highest BCUT2D eigenvalue weighted by molar-refractivity contribution is 9.10. The van der Waals surface area contributed by atoms with Gasteiger partial charge in [0.15, 0.2) is 6.61 Å². The maximum atomic E-state index is 10.9. The van der Waals surface area contributed by atoms with Gasteiger partial charge in [-0.25, -0.2) is 4.79 Å². The number of carbonyl (C=O) groups excluding carboxylic acids is 1. The zero-order chi connectivity index (χ0) is 13.0. The molecule has 1 rings (SSSR count). The van der Waals surface area contributed by atoms with Crippen LogP contribution in [0.5, 0.6) is 5.75 Å². The van der Waals surface area contributed by atoms with E-state index in [9.17, 15) is 14.9 Å². The summed E-state index contributed by atoms with van der Waals surface area (Å²) in [4.78, 5) is 24.7. The van der Waals surface area contributed by atoms with Crippen molar-refractivity contribution in [2.24, 2.45) is 0 Å². The lowest BCUT2D eigenvalue weighted by atomic mass is 10.2. The number of hydrogen-bond donors (Lipinski definition) is 0. The largest absolute Gasteiger partial charge is 0.473 e. The van der Waals surface area contributed by atoms with Crippen LogP contribution in [-0.2, 0) is 9.53 Å². The molecule has 0 radical (unpaired) electrons. The fourth-order valence-electron chi connectivity index (χ4n) is 1.10. The number of pyridine rings is 1. The van der Waals surface area contributed by atoms with Gasteiger partial charge in [0.05, 0.1) is 7.11 Å². The van der Waals surface area contributed by atoms with Crippen molar-refractivity contribution in [3.8, 4) is 5.75 Å². The van der Waals surface area contributed by atoms with E-state index in [0.29, 0.717) is 10.2 Å². The second-order valence-corrected chi connectivity index (χ2v) is 3.85. The minimum Gasteiger partial charge on any atom is -0.473 e. The maximum Gasteiger partial charge on any atom is 0.407 e. The van der Waals surface area contributed by atoms with Crippen LogP contribution in [-0.4, -0.2) is 29.6 Å². The van der Waals surface area contributed by atoms with Crippen molar-refractivity contribution < 1.29 is 19.2 Å². The lowest BCUT2D eigenvalue weighted by Crippen LogP contribution is -2.14. The van der Waals surface area contributed by atoms with E-state index in [1.54, 1.807) is 13.0 Å². The van der Waals surface area contributed by atoms with Crippen molar-refractivity contribution in [1.29, 1.82) is 0 Å². The second-order valence-electron chi connectivity index (χ2n) is 3.04. The van der Waals surface area contributed by atoms with Gasteiger partial charge in [0.25, 0.3) is 0 Å². The van der Waals surface area contributed by atoms with Gasteiger partial charge in [-0.15, -0.1) is 0 Å². The van der Waals surface area contributed by atoms with Gasteiger partial charge in [-0.05, 0) is 16.8 Å². The molecule has 0 bridgehead atoms. The van der Waals surface area contributed by atoms with Crippen LogP contribution in [0.3, 0.4) is 0 Å². The average Bonchev–Trinajstić information content (AvgIpc) is 2.26. The summed E-state index contributed by atoms with van der Waals surface area (Å²) in [6, 6.07) is 1.56. The van der Waals surface area contributed by atoms with Crippen molar-refractivity contribution in [3.63, 3.8) is 0 Å². The molecule has 1 heterocycles. The molecule has 8 heteroatoms. The van der Waals surface area contributed by atoms with Gasteiger partial charge in [-0.3, -0.25) is 0 Å². The predicted octanol–water partition coefficient (Wildman–Crippen LogP) is 1.61. The number of rotatable bonds is 4. The maximum absolute atomic E-state index is 10.9. The Morgan fingerprint density at radius 3 is 2.82 bits per heavy atom. The van der Waals surface area contributed by atoms with Gasteiger partial charge in [0.1, 0.15) is 0 Å². The van der Waals surface area contributed by atoms with E-state index in [2.05, 4.69) is 25.7 Å². The molecule has 0 spiro atoms. The number of nitrogens with zero attached hydrogens (tertiary/aromatic N) is 2. The van der Waals surface area contributed by atoms with E-state index in [4.69, 9.17) is 4.74 Å². The summed E-state index contributed by atoms with van der Waals surface area (Å²) in [5.74, 6) is -1.11. The number of aryl methyl sites for hydroxylation is 1. The summed E-state index contributed by atoms with van der Waals surface area (Å²) < 4.78 is 9.74. The summed E-state index contributed by atoms with van der Waals surface area (Å²) >= 11 is 3.05. The van der Waals surface area contributed by atoms with Crippen LogP contribution in [0.15, 0.2) is 10.7 Å². The summed E-state index contributed by atoms with van der Waals surface area (Å²) in [6.07, 6.45) is 0. The van der Waals surface area contributed by atoms with Crippen LogP contribution >= 0.6 is 15.9 Å². The Balaban J connectivity index is 3.04. The first kappa shape index (κ1) is 13.4. The number of nitro groups is 1. The fraction of sp³-hybridized carbons (Fsp3) is 0.333. The Labute approximate surface area is 105 Å². The topological polar surface area (TPSA) is 91.6 Å².